The van der Waals surface area contributed by atoms with E-state index in [1.165, 1.54) is 12.5 Å². The molecule has 8 nitrogen and oxygen atoms in total. The number of carbonyl (C=O) groups excluding carboxylic acids is 1. The topological polar surface area (TPSA) is 101 Å². The molecule has 3 rings (SSSR count). The van der Waals surface area contributed by atoms with Crippen LogP contribution in [0.25, 0.3) is 11.5 Å². The Kier molecular flexibility index (Phi) is 8.25. The Hall–Kier alpha value is -3.81. The van der Waals surface area contributed by atoms with Gasteiger partial charge in [0.05, 0.1) is 13.1 Å². The lowest BCUT2D eigenvalue weighted by molar-refractivity contribution is -0.114. The van der Waals surface area contributed by atoms with Crippen molar-refractivity contribution in [2.75, 3.05) is 25.0 Å². The largest absolute Gasteiger partial charge is 0.492 e. The predicted molar refractivity (Wildman–Crippen MR) is 126 cm³/mol. The summed E-state index contributed by atoms with van der Waals surface area (Å²) in [4.78, 5) is 20.3. The van der Waals surface area contributed by atoms with Gasteiger partial charge in [0.2, 0.25) is 11.8 Å². The third-order valence-electron chi connectivity index (χ3n) is 4.41. The maximum Gasteiger partial charge on any atom is 0.226 e. The molecule has 0 aliphatic carbocycles. The van der Waals surface area contributed by atoms with Gasteiger partial charge in [-0.05, 0) is 38.1 Å². The van der Waals surface area contributed by atoms with Crippen LogP contribution in [0, 0.1) is 6.92 Å². The number of aliphatic imine (C=N–C) groups is 1. The van der Waals surface area contributed by atoms with Crippen LogP contribution in [0.1, 0.15) is 25.1 Å². The minimum atomic E-state index is -0.117. The van der Waals surface area contributed by atoms with Gasteiger partial charge in [0.25, 0.3) is 0 Å². The van der Waals surface area contributed by atoms with E-state index in [0.29, 0.717) is 43.0 Å². The van der Waals surface area contributed by atoms with E-state index in [2.05, 4.69) is 25.9 Å². The lowest BCUT2D eigenvalue weighted by Crippen LogP contribution is -2.39. The summed E-state index contributed by atoms with van der Waals surface area (Å²) in [7, 11) is 0. The predicted octanol–water partition coefficient (Wildman–Crippen LogP) is 3.74. The third kappa shape index (κ3) is 7.16. The number of hydrogen-bond donors (Lipinski definition) is 3. The fourth-order valence-corrected chi connectivity index (χ4v) is 2.92. The number of hydrogen-bond acceptors (Lipinski definition) is 5. The number of aryl methyl sites for hydroxylation is 1. The molecule has 0 saturated heterocycles. The summed E-state index contributed by atoms with van der Waals surface area (Å²) in [5.74, 6) is 1.82. The van der Waals surface area contributed by atoms with Crippen LogP contribution < -0.4 is 20.7 Å². The van der Waals surface area contributed by atoms with E-state index in [0.717, 1.165) is 17.8 Å². The number of benzene rings is 2. The highest BCUT2D eigenvalue weighted by Crippen LogP contribution is 2.19. The molecule has 1 aromatic heterocycles. The van der Waals surface area contributed by atoms with Gasteiger partial charge in [-0.15, -0.1) is 0 Å². The van der Waals surface area contributed by atoms with Crippen molar-refractivity contribution < 1.29 is 13.9 Å². The molecule has 0 unspecified atom stereocenters. The monoisotopic (exact) mass is 435 g/mol. The highest BCUT2D eigenvalue weighted by molar-refractivity contribution is 5.88. The van der Waals surface area contributed by atoms with Crippen LogP contribution in [-0.4, -0.2) is 36.5 Å². The van der Waals surface area contributed by atoms with E-state index in [1.807, 2.05) is 56.3 Å². The summed E-state index contributed by atoms with van der Waals surface area (Å²) in [5.41, 5.74) is 3.59. The summed E-state index contributed by atoms with van der Waals surface area (Å²) < 4.78 is 11.4. The van der Waals surface area contributed by atoms with E-state index in [4.69, 9.17) is 9.15 Å². The van der Waals surface area contributed by atoms with Gasteiger partial charge in [0.15, 0.2) is 5.96 Å². The number of rotatable bonds is 9. The molecule has 168 valence electrons. The summed E-state index contributed by atoms with van der Waals surface area (Å²) in [5, 5.41) is 9.18. The summed E-state index contributed by atoms with van der Waals surface area (Å²) in [6.07, 6.45) is 1.63. The molecule has 0 aliphatic heterocycles. The van der Waals surface area contributed by atoms with Crippen LogP contribution in [-0.2, 0) is 11.3 Å². The van der Waals surface area contributed by atoms with Crippen molar-refractivity contribution in [1.29, 1.82) is 0 Å². The summed E-state index contributed by atoms with van der Waals surface area (Å²) >= 11 is 0. The van der Waals surface area contributed by atoms with Gasteiger partial charge in [-0.25, -0.2) is 9.98 Å². The summed E-state index contributed by atoms with van der Waals surface area (Å²) in [6.45, 7) is 7.65. The van der Waals surface area contributed by atoms with Crippen LogP contribution >= 0.6 is 0 Å². The second-order valence-corrected chi connectivity index (χ2v) is 7.19. The second-order valence-electron chi connectivity index (χ2n) is 7.19. The zero-order valence-corrected chi connectivity index (χ0v) is 18.6. The zero-order valence-electron chi connectivity index (χ0n) is 18.6. The number of amides is 1. The normalized spacial score (nSPS) is 11.2. The summed E-state index contributed by atoms with van der Waals surface area (Å²) in [6, 6.07) is 15.3. The average molecular weight is 436 g/mol. The molecular formula is C24H29N5O3. The number of oxazole rings is 1. The first-order chi connectivity index (χ1) is 15.5. The molecule has 0 aliphatic rings. The zero-order chi connectivity index (χ0) is 22.8. The van der Waals surface area contributed by atoms with Gasteiger partial charge in [-0.3, -0.25) is 4.79 Å². The van der Waals surface area contributed by atoms with Crippen molar-refractivity contribution in [1.82, 2.24) is 15.6 Å². The molecule has 1 amide bonds. The van der Waals surface area contributed by atoms with Crippen molar-refractivity contribution in [3.8, 4) is 17.2 Å². The molecule has 32 heavy (non-hydrogen) atoms. The molecule has 0 atom stereocenters. The van der Waals surface area contributed by atoms with E-state index >= 15 is 0 Å². The van der Waals surface area contributed by atoms with Crippen molar-refractivity contribution in [2.45, 2.75) is 27.3 Å². The third-order valence-corrected chi connectivity index (χ3v) is 4.41. The molecule has 1 heterocycles. The maximum atomic E-state index is 11.2. The molecule has 2 aromatic carbocycles. The minimum Gasteiger partial charge on any atom is -0.492 e. The minimum absolute atomic E-state index is 0.117. The van der Waals surface area contributed by atoms with Crippen molar-refractivity contribution in [3.05, 3.63) is 66.1 Å². The van der Waals surface area contributed by atoms with E-state index < -0.39 is 0 Å². The quantitative estimate of drug-likeness (QED) is 0.269. The molecular weight excluding hydrogens is 406 g/mol. The first-order valence-electron chi connectivity index (χ1n) is 10.6. The van der Waals surface area contributed by atoms with Crippen LogP contribution in [0.2, 0.25) is 0 Å². The number of carbonyl (C=O) groups is 1. The van der Waals surface area contributed by atoms with E-state index in [9.17, 15) is 4.79 Å². The number of nitrogens with one attached hydrogen (secondary N) is 3. The molecule has 3 N–H and O–H groups in total. The Morgan fingerprint density at radius 3 is 2.72 bits per heavy atom. The fraction of sp³-hybridized carbons (Fsp3) is 0.292. The van der Waals surface area contributed by atoms with Crippen molar-refractivity contribution >= 4 is 17.6 Å². The fourth-order valence-electron chi connectivity index (χ4n) is 2.92. The number of nitrogens with zero attached hydrogens (tertiary/aromatic N) is 2. The molecule has 0 bridgehead atoms. The Balaban J connectivity index is 1.50. The second kappa shape index (κ2) is 11.5. The van der Waals surface area contributed by atoms with Gasteiger partial charge in [-0.1, -0.05) is 23.8 Å². The first kappa shape index (κ1) is 22.9. The number of ether oxygens (including phenoxy) is 1. The Morgan fingerprint density at radius 2 is 1.97 bits per heavy atom. The highest BCUT2D eigenvalue weighted by atomic mass is 16.5. The molecule has 0 fully saturated rings. The number of anilines is 1. The van der Waals surface area contributed by atoms with Crippen molar-refractivity contribution in [2.24, 2.45) is 4.99 Å². The lowest BCUT2D eigenvalue weighted by Gasteiger charge is -2.12. The Labute approximate surface area is 188 Å². The van der Waals surface area contributed by atoms with Gasteiger partial charge in [0.1, 0.15) is 24.3 Å². The molecule has 3 aromatic rings. The first-order valence-corrected chi connectivity index (χ1v) is 10.6. The van der Waals surface area contributed by atoms with Crippen LogP contribution in [0.4, 0.5) is 5.69 Å². The van der Waals surface area contributed by atoms with Gasteiger partial charge >= 0.3 is 0 Å². The molecule has 0 spiro atoms. The van der Waals surface area contributed by atoms with Gasteiger partial charge in [0, 0.05) is 30.8 Å². The Bertz CT molecular complexity index is 1040. The van der Waals surface area contributed by atoms with E-state index in [-0.39, 0.29) is 5.91 Å². The Morgan fingerprint density at radius 1 is 1.16 bits per heavy atom. The highest BCUT2D eigenvalue weighted by Gasteiger charge is 2.07. The molecule has 0 radical (unpaired) electrons. The van der Waals surface area contributed by atoms with Crippen LogP contribution in [0.15, 0.2) is 64.2 Å². The van der Waals surface area contributed by atoms with Gasteiger partial charge in [-0.2, -0.15) is 0 Å². The molecule has 8 heteroatoms. The number of aromatic nitrogens is 1. The van der Waals surface area contributed by atoms with Crippen LogP contribution in [0.3, 0.4) is 0 Å². The lowest BCUT2D eigenvalue weighted by atomic mass is 10.1. The average Bonchev–Trinajstić information content (AvgIpc) is 3.24. The molecule has 0 saturated carbocycles. The standard InChI is InChI=1S/C24H29N5O3/c1-4-25-24(26-12-13-31-22-7-5-6-20(14-22)28-18(3)30)27-15-21-16-32-23(29-21)19-10-8-17(2)9-11-19/h5-11,14,16H,4,12-13,15H2,1-3H3,(H,28,30)(H2,25,26,27). The van der Waals surface area contributed by atoms with E-state index in [1.54, 1.807) is 12.3 Å². The smallest absolute Gasteiger partial charge is 0.226 e. The number of guanidine groups is 1. The van der Waals surface area contributed by atoms with Crippen molar-refractivity contribution in [3.63, 3.8) is 0 Å². The maximum absolute atomic E-state index is 11.2. The SMILES string of the molecule is CCNC(=NCc1coc(-c2ccc(C)cc2)n1)NCCOc1cccc(NC(C)=O)c1. The van der Waals surface area contributed by atoms with Crippen LogP contribution in [0.5, 0.6) is 5.75 Å². The van der Waals surface area contributed by atoms with Gasteiger partial charge < -0.3 is 25.1 Å².